The largest absolute Gasteiger partial charge is 0.493 e. The van der Waals surface area contributed by atoms with Gasteiger partial charge in [-0.1, -0.05) is 17.7 Å². The van der Waals surface area contributed by atoms with Crippen molar-refractivity contribution in [2.45, 2.75) is 40.7 Å². The minimum absolute atomic E-state index is 0.0778. The molecule has 0 atom stereocenters. The minimum atomic E-state index is 0.0778. The molecular weight excluding hydrogens is 418 g/mol. The van der Waals surface area contributed by atoms with Crippen LogP contribution in [-0.4, -0.2) is 63.2 Å². The van der Waals surface area contributed by atoms with Crippen molar-refractivity contribution < 1.29 is 9.90 Å². The van der Waals surface area contributed by atoms with Crippen molar-refractivity contribution in [2.24, 2.45) is 0 Å². The number of anilines is 3. The lowest BCUT2D eigenvalue weighted by Gasteiger charge is -2.34. The van der Waals surface area contributed by atoms with Crippen LogP contribution in [0.25, 0.3) is 10.9 Å². The average molecular weight is 452 g/mol. The molecule has 2 N–H and O–H groups in total. The predicted molar refractivity (Wildman–Crippen MR) is 132 cm³/mol. The van der Waals surface area contributed by atoms with Crippen molar-refractivity contribution in [1.29, 1.82) is 0 Å². The molecule has 33 heavy (non-hydrogen) atoms. The topological polar surface area (TPSA) is 89.8 Å². The summed E-state index contributed by atoms with van der Waals surface area (Å²) in [7, 11) is 0. The van der Waals surface area contributed by atoms with Gasteiger partial charge in [-0.2, -0.15) is 4.98 Å². The van der Waals surface area contributed by atoms with E-state index in [4.69, 9.17) is 9.97 Å². The van der Waals surface area contributed by atoms with Gasteiger partial charge in [-0.15, -0.1) is 0 Å². The van der Waals surface area contributed by atoms with Gasteiger partial charge in [0, 0.05) is 51.9 Å². The van der Waals surface area contributed by atoms with Gasteiger partial charge in [-0.25, -0.2) is 4.98 Å². The number of rotatable bonds is 6. The number of aromatic hydroxyl groups is 1. The Morgan fingerprint density at radius 2 is 1.82 bits per heavy atom. The van der Waals surface area contributed by atoms with Crippen molar-refractivity contribution in [3.63, 3.8) is 0 Å². The van der Waals surface area contributed by atoms with E-state index in [9.17, 15) is 9.90 Å². The number of piperazine rings is 1. The predicted octanol–water partition coefficient (Wildman–Crippen LogP) is 3.55. The molecule has 1 fully saturated rings. The molecule has 176 valence electrons. The highest BCUT2D eigenvalue weighted by Gasteiger charge is 2.24. The van der Waals surface area contributed by atoms with Crippen molar-refractivity contribution in [3.8, 4) is 5.88 Å². The second-order valence-corrected chi connectivity index (χ2v) is 8.77. The number of aryl methyl sites for hydroxylation is 1. The lowest BCUT2D eigenvalue weighted by Crippen LogP contribution is -2.48. The number of fused-ring (bicyclic) bond motifs is 1. The van der Waals surface area contributed by atoms with Gasteiger partial charge in [0.2, 0.25) is 17.7 Å². The fourth-order valence-corrected chi connectivity index (χ4v) is 4.09. The molecule has 0 aliphatic carbocycles. The first-order valence-electron chi connectivity index (χ1n) is 11.5. The first kappa shape index (κ1) is 22.7. The first-order valence-corrected chi connectivity index (χ1v) is 11.5. The zero-order chi connectivity index (χ0) is 23.7. The molecule has 0 radical (unpaired) electrons. The summed E-state index contributed by atoms with van der Waals surface area (Å²) < 4.78 is 1.81. The molecule has 1 aliphatic rings. The SMILES string of the molecule is CCN(Nc1nc(N2CCN(C(C)=O)CC2)nc2c(O)n(C(C)C)cc12)c1ccc(C)cc1. The van der Waals surface area contributed by atoms with Crippen LogP contribution in [0, 0.1) is 6.92 Å². The summed E-state index contributed by atoms with van der Waals surface area (Å²) in [5, 5.41) is 13.7. The monoisotopic (exact) mass is 451 g/mol. The minimum Gasteiger partial charge on any atom is -0.493 e. The maximum absolute atomic E-state index is 11.7. The van der Waals surface area contributed by atoms with Crippen molar-refractivity contribution in [3.05, 3.63) is 36.0 Å². The molecule has 4 rings (SSSR count). The summed E-state index contributed by atoms with van der Waals surface area (Å²) >= 11 is 0. The van der Waals surface area contributed by atoms with Gasteiger partial charge in [0.05, 0.1) is 11.1 Å². The molecule has 1 saturated heterocycles. The average Bonchev–Trinajstić information content (AvgIpc) is 3.15. The van der Waals surface area contributed by atoms with E-state index in [1.165, 1.54) is 5.56 Å². The zero-order valence-corrected chi connectivity index (χ0v) is 20.0. The molecule has 0 unspecified atom stereocenters. The Kier molecular flexibility index (Phi) is 6.31. The summed E-state index contributed by atoms with van der Waals surface area (Å²) in [6.07, 6.45) is 1.90. The van der Waals surface area contributed by atoms with Gasteiger partial charge in [0.1, 0.15) is 5.52 Å². The van der Waals surface area contributed by atoms with Crippen LogP contribution in [-0.2, 0) is 4.79 Å². The van der Waals surface area contributed by atoms with Crippen molar-refractivity contribution in [2.75, 3.05) is 48.1 Å². The summed E-state index contributed by atoms with van der Waals surface area (Å²) in [4.78, 5) is 25.2. The Bertz CT molecular complexity index is 1130. The third-order valence-corrected chi connectivity index (χ3v) is 6.13. The van der Waals surface area contributed by atoms with Gasteiger partial charge in [0.15, 0.2) is 5.82 Å². The number of amides is 1. The number of hydrogen-bond donors (Lipinski definition) is 2. The fourth-order valence-electron chi connectivity index (χ4n) is 4.09. The van der Waals surface area contributed by atoms with E-state index >= 15 is 0 Å². The summed E-state index contributed by atoms with van der Waals surface area (Å²) in [6.45, 7) is 13.0. The molecule has 1 aliphatic heterocycles. The molecule has 1 amide bonds. The van der Waals surface area contributed by atoms with Crippen LogP contribution in [0.4, 0.5) is 17.5 Å². The van der Waals surface area contributed by atoms with E-state index in [2.05, 4.69) is 48.4 Å². The molecular formula is C24H33N7O2. The Morgan fingerprint density at radius 1 is 1.15 bits per heavy atom. The van der Waals surface area contributed by atoms with E-state index in [0.29, 0.717) is 43.5 Å². The maximum atomic E-state index is 11.7. The summed E-state index contributed by atoms with van der Waals surface area (Å²) in [6, 6.07) is 8.38. The van der Waals surface area contributed by atoms with Gasteiger partial charge < -0.3 is 19.5 Å². The Labute approximate surface area is 194 Å². The van der Waals surface area contributed by atoms with Crippen LogP contribution in [0.15, 0.2) is 30.5 Å². The van der Waals surface area contributed by atoms with Crippen molar-refractivity contribution in [1.82, 2.24) is 19.4 Å². The molecule has 9 nitrogen and oxygen atoms in total. The number of carbonyl (C=O) groups is 1. The van der Waals surface area contributed by atoms with Gasteiger partial charge >= 0.3 is 0 Å². The molecule has 3 heterocycles. The number of nitrogens with one attached hydrogen (secondary N) is 1. The van der Waals surface area contributed by atoms with E-state index in [0.717, 1.165) is 17.6 Å². The number of carbonyl (C=O) groups excluding carboxylic acids is 1. The number of benzene rings is 1. The molecule has 3 aromatic rings. The first-order chi connectivity index (χ1) is 15.8. The Morgan fingerprint density at radius 3 is 2.39 bits per heavy atom. The molecule has 0 spiro atoms. The molecule has 1 aromatic carbocycles. The van der Waals surface area contributed by atoms with E-state index in [1.54, 1.807) is 6.92 Å². The lowest BCUT2D eigenvalue weighted by molar-refractivity contribution is -0.129. The standard InChI is InChI=1S/C24H33N7O2/c1-6-31(19-9-7-17(4)8-10-19)27-22-20-15-30(16(2)3)23(33)21(20)25-24(26-22)29-13-11-28(12-14-29)18(5)32/h7-10,15-16,33H,6,11-14H2,1-5H3,(H,25,26,27). The lowest BCUT2D eigenvalue weighted by atomic mass is 10.2. The van der Waals surface area contributed by atoms with Gasteiger partial charge in [0.25, 0.3) is 0 Å². The number of aromatic nitrogens is 3. The highest BCUT2D eigenvalue weighted by Crippen LogP contribution is 2.34. The third-order valence-electron chi connectivity index (χ3n) is 6.13. The smallest absolute Gasteiger partial charge is 0.228 e. The fraction of sp³-hybridized carbons (Fsp3) is 0.458. The summed E-state index contributed by atoms with van der Waals surface area (Å²) in [5.74, 6) is 1.40. The number of hydrogen-bond acceptors (Lipinski definition) is 7. The highest BCUT2D eigenvalue weighted by molar-refractivity contribution is 5.94. The number of hydrazine groups is 1. The Balaban J connectivity index is 1.74. The quantitative estimate of drug-likeness (QED) is 0.554. The van der Waals surface area contributed by atoms with Crippen LogP contribution in [0.1, 0.15) is 39.3 Å². The normalized spacial score (nSPS) is 14.2. The summed E-state index contributed by atoms with van der Waals surface area (Å²) in [5.41, 5.74) is 6.20. The second-order valence-electron chi connectivity index (χ2n) is 8.77. The van der Waals surface area contributed by atoms with Crippen molar-refractivity contribution >= 4 is 34.3 Å². The van der Waals surface area contributed by atoms with Gasteiger partial charge in [-0.3, -0.25) is 15.2 Å². The van der Waals surface area contributed by atoms with Crippen LogP contribution < -0.4 is 15.3 Å². The molecule has 0 saturated carbocycles. The zero-order valence-electron chi connectivity index (χ0n) is 20.0. The molecule has 2 aromatic heterocycles. The van der Waals surface area contributed by atoms with Gasteiger partial charge in [-0.05, 0) is 39.8 Å². The molecule has 9 heteroatoms. The van der Waals surface area contributed by atoms with E-state index < -0.39 is 0 Å². The van der Waals surface area contributed by atoms with Crippen LogP contribution in [0.5, 0.6) is 5.88 Å². The van der Waals surface area contributed by atoms with Crippen LogP contribution >= 0.6 is 0 Å². The van der Waals surface area contributed by atoms with E-state index in [1.807, 2.05) is 34.5 Å². The van der Waals surface area contributed by atoms with Crippen LogP contribution in [0.2, 0.25) is 0 Å². The highest BCUT2D eigenvalue weighted by atomic mass is 16.3. The molecule has 0 bridgehead atoms. The van der Waals surface area contributed by atoms with E-state index in [-0.39, 0.29) is 17.8 Å². The third kappa shape index (κ3) is 4.53. The Hall–Kier alpha value is -3.49. The van der Waals surface area contributed by atoms with Crippen LogP contribution in [0.3, 0.4) is 0 Å². The second kappa shape index (κ2) is 9.17. The number of nitrogens with zero attached hydrogens (tertiary/aromatic N) is 6. The maximum Gasteiger partial charge on any atom is 0.228 e.